The molecule has 1 aliphatic heterocycles. The van der Waals surface area contributed by atoms with E-state index in [9.17, 15) is 9.59 Å². The lowest BCUT2D eigenvalue weighted by Crippen LogP contribution is -2.27. The average Bonchev–Trinajstić information content (AvgIpc) is 2.79. The highest BCUT2D eigenvalue weighted by atomic mass is 16.2. The van der Waals surface area contributed by atoms with Crippen LogP contribution in [0.3, 0.4) is 0 Å². The highest BCUT2D eigenvalue weighted by molar-refractivity contribution is 6.12. The van der Waals surface area contributed by atoms with Gasteiger partial charge in [0.25, 0.3) is 0 Å². The van der Waals surface area contributed by atoms with Gasteiger partial charge in [-0.2, -0.15) is 0 Å². The number of rotatable bonds is 2. The topological polar surface area (TPSA) is 49.4 Å². The quantitative estimate of drug-likeness (QED) is 0.850. The number of imide groups is 1. The van der Waals surface area contributed by atoms with Crippen molar-refractivity contribution in [2.24, 2.45) is 0 Å². The number of hydrogen-bond acceptors (Lipinski definition) is 2. The molecule has 2 aromatic rings. The van der Waals surface area contributed by atoms with Crippen molar-refractivity contribution >= 4 is 17.6 Å². The summed E-state index contributed by atoms with van der Waals surface area (Å²) in [5, 5.41) is 2.28. The van der Waals surface area contributed by atoms with Gasteiger partial charge in [0, 0.05) is 5.69 Å². The van der Waals surface area contributed by atoms with Crippen molar-refractivity contribution in [1.29, 1.82) is 0 Å². The third kappa shape index (κ3) is 2.28. The Labute approximate surface area is 117 Å². The lowest BCUT2D eigenvalue weighted by Gasteiger charge is -2.14. The van der Waals surface area contributed by atoms with Gasteiger partial charge in [0.05, 0.1) is 0 Å². The second kappa shape index (κ2) is 4.81. The lowest BCUT2D eigenvalue weighted by atomic mass is 10.0. The number of urea groups is 1. The van der Waals surface area contributed by atoms with Crippen LogP contribution >= 0.6 is 0 Å². The van der Waals surface area contributed by atoms with Crippen LogP contribution in [0.5, 0.6) is 0 Å². The van der Waals surface area contributed by atoms with E-state index >= 15 is 0 Å². The van der Waals surface area contributed by atoms with Crippen LogP contribution in [0.25, 0.3) is 11.1 Å². The normalized spacial score (nSPS) is 14.6. The molecular weight excluding hydrogens is 252 g/mol. The number of nitrogens with one attached hydrogen (secondary N) is 1. The molecular formula is C16H14N2O2. The number of anilines is 1. The Balaban J connectivity index is 1.95. The zero-order chi connectivity index (χ0) is 14.1. The van der Waals surface area contributed by atoms with Gasteiger partial charge < -0.3 is 0 Å². The molecule has 0 aromatic heterocycles. The summed E-state index contributed by atoms with van der Waals surface area (Å²) in [5.74, 6) is -0.268. The third-order valence-corrected chi connectivity index (χ3v) is 3.34. The van der Waals surface area contributed by atoms with Crippen molar-refractivity contribution < 1.29 is 9.59 Å². The largest absolute Gasteiger partial charge is 0.329 e. The van der Waals surface area contributed by atoms with Gasteiger partial charge in [-0.15, -0.1) is 0 Å². The molecule has 100 valence electrons. The Hall–Kier alpha value is -2.62. The van der Waals surface area contributed by atoms with Crippen molar-refractivity contribution in [1.82, 2.24) is 5.32 Å². The van der Waals surface area contributed by atoms with E-state index in [-0.39, 0.29) is 18.5 Å². The molecule has 4 heteroatoms. The van der Waals surface area contributed by atoms with E-state index in [0.29, 0.717) is 0 Å². The second-order valence-electron chi connectivity index (χ2n) is 4.86. The molecule has 1 fully saturated rings. The summed E-state index contributed by atoms with van der Waals surface area (Å²) in [4.78, 5) is 24.4. The summed E-state index contributed by atoms with van der Waals surface area (Å²) in [6, 6.07) is 15.5. The summed E-state index contributed by atoms with van der Waals surface area (Å²) >= 11 is 0. The smallest absolute Gasteiger partial charge is 0.285 e. The molecule has 4 nitrogen and oxygen atoms in total. The fraction of sp³-hybridized carbons (Fsp3) is 0.125. The zero-order valence-corrected chi connectivity index (χ0v) is 11.1. The van der Waals surface area contributed by atoms with Crippen LogP contribution in [-0.2, 0) is 4.79 Å². The molecule has 0 bridgehead atoms. The van der Waals surface area contributed by atoms with E-state index in [4.69, 9.17) is 0 Å². The monoisotopic (exact) mass is 266 g/mol. The summed E-state index contributed by atoms with van der Waals surface area (Å²) in [7, 11) is 0. The minimum atomic E-state index is -0.365. The van der Waals surface area contributed by atoms with Gasteiger partial charge in [0.15, 0.2) is 0 Å². The first-order chi connectivity index (χ1) is 9.63. The summed E-state index contributed by atoms with van der Waals surface area (Å²) in [6.07, 6.45) is 0. The van der Waals surface area contributed by atoms with Gasteiger partial charge >= 0.3 is 6.03 Å². The molecule has 0 atom stereocenters. The Kier molecular flexibility index (Phi) is 2.99. The van der Waals surface area contributed by atoms with Gasteiger partial charge in [0.2, 0.25) is 5.91 Å². The Bertz CT molecular complexity index is 677. The number of carbonyl (C=O) groups is 2. The van der Waals surface area contributed by atoms with Crippen molar-refractivity contribution in [2.45, 2.75) is 6.92 Å². The van der Waals surface area contributed by atoms with E-state index < -0.39 is 0 Å². The number of nitrogens with zero attached hydrogens (tertiary/aromatic N) is 1. The highest BCUT2D eigenvalue weighted by Crippen LogP contribution is 2.25. The zero-order valence-electron chi connectivity index (χ0n) is 11.1. The van der Waals surface area contributed by atoms with Gasteiger partial charge in [0.1, 0.15) is 6.54 Å². The maximum absolute atomic E-state index is 11.7. The molecule has 20 heavy (non-hydrogen) atoms. The molecule has 1 N–H and O–H groups in total. The van der Waals surface area contributed by atoms with Crippen LogP contribution in [0.15, 0.2) is 48.5 Å². The number of benzene rings is 2. The molecule has 0 spiro atoms. The minimum absolute atomic E-state index is 0.0795. The van der Waals surface area contributed by atoms with Crippen LogP contribution in [0, 0.1) is 6.92 Å². The summed E-state index contributed by atoms with van der Waals surface area (Å²) < 4.78 is 0. The van der Waals surface area contributed by atoms with E-state index in [2.05, 4.69) is 5.32 Å². The van der Waals surface area contributed by atoms with Gasteiger partial charge in [-0.05, 0) is 30.2 Å². The number of carbonyl (C=O) groups excluding carboxylic acids is 2. The number of aryl methyl sites for hydroxylation is 1. The Morgan fingerprint density at radius 1 is 1.00 bits per heavy atom. The highest BCUT2D eigenvalue weighted by Gasteiger charge is 2.27. The molecule has 0 aliphatic carbocycles. The first kappa shape index (κ1) is 12.4. The van der Waals surface area contributed by atoms with E-state index in [1.807, 2.05) is 55.5 Å². The molecule has 0 radical (unpaired) electrons. The summed E-state index contributed by atoms with van der Waals surface area (Å²) in [6.45, 7) is 2.12. The molecule has 3 amide bonds. The fourth-order valence-electron chi connectivity index (χ4n) is 2.25. The fourth-order valence-corrected chi connectivity index (χ4v) is 2.25. The molecule has 1 saturated heterocycles. The van der Waals surface area contributed by atoms with Gasteiger partial charge in [-0.3, -0.25) is 15.0 Å². The Morgan fingerprint density at radius 3 is 2.40 bits per heavy atom. The van der Waals surface area contributed by atoms with Crippen molar-refractivity contribution in [3.63, 3.8) is 0 Å². The number of amides is 3. The predicted octanol–water partition coefficient (Wildman–Crippen LogP) is 2.72. The first-order valence-electron chi connectivity index (χ1n) is 6.42. The van der Waals surface area contributed by atoms with Crippen molar-refractivity contribution in [3.8, 4) is 11.1 Å². The first-order valence-corrected chi connectivity index (χ1v) is 6.42. The van der Waals surface area contributed by atoms with Crippen LogP contribution in [0.4, 0.5) is 10.5 Å². The predicted molar refractivity (Wildman–Crippen MR) is 77.5 cm³/mol. The van der Waals surface area contributed by atoms with Gasteiger partial charge in [-0.1, -0.05) is 42.0 Å². The van der Waals surface area contributed by atoms with E-state index in [1.165, 1.54) is 10.5 Å². The average molecular weight is 266 g/mol. The molecule has 1 heterocycles. The molecule has 1 aliphatic rings. The maximum atomic E-state index is 11.7. The lowest BCUT2D eigenvalue weighted by molar-refractivity contribution is -0.117. The summed E-state index contributed by atoms with van der Waals surface area (Å²) in [5.41, 5.74) is 4.04. The van der Waals surface area contributed by atoms with Crippen LogP contribution in [0.1, 0.15) is 5.56 Å². The molecule has 3 rings (SSSR count). The van der Waals surface area contributed by atoms with Crippen molar-refractivity contribution in [3.05, 3.63) is 54.1 Å². The molecule has 2 aromatic carbocycles. The third-order valence-electron chi connectivity index (χ3n) is 3.34. The van der Waals surface area contributed by atoms with Crippen LogP contribution in [-0.4, -0.2) is 18.5 Å². The van der Waals surface area contributed by atoms with E-state index in [1.54, 1.807) is 0 Å². The molecule has 0 saturated carbocycles. The maximum Gasteiger partial charge on any atom is 0.329 e. The van der Waals surface area contributed by atoms with Crippen LogP contribution < -0.4 is 10.2 Å². The van der Waals surface area contributed by atoms with Gasteiger partial charge in [-0.25, -0.2) is 4.79 Å². The van der Waals surface area contributed by atoms with Crippen molar-refractivity contribution in [2.75, 3.05) is 11.4 Å². The van der Waals surface area contributed by atoms with E-state index in [0.717, 1.165) is 16.8 Å². The standard InChI is InChI=1S/C16H14N2O2/c1-11-5-7-12(8-6-11)13-3-2-4-14(9-13)18-10-15(19)17-16(18)20/h2-9H,10H2,1H3,(H,17,19,20). The minimum Gasteiger partial charge on any atom is -0.285 e. The Morgan fingerprint density at radius 2 is 1.75 bits per heavy atom. The number of hydrogen-bond donors (Lipinski definition) is 1. The van der Waals surface area contributed by atoms with Crippen LogP contribution in [0.2, 0.25) is 0 Å². The second-order valence-corrected chi connectivity index (χ2v) is 4.86. The molecule has 0 unspecified atom stereocenters. The SMILES string of the molecule is Cc1ccc(-c2cccc(N3CC(=O)NC3=O)c2)cc1.